The van der Waals surface area contributed by atoms with Crippen molar-refractivity contribution in [2.75, 3.05) is 20.2 Å². The molecule has 1 fully saturated rings. The fourth-order valence-electron chi connectivity index (χ4n) is 4.00. The van der Waals surface area contributed by atoms with Gasteiger partial charge in [-0.05, 0) is 47.5 Å². The molecule has 1 saturated heterocycles. The number of ether oxygens (including phenoxy) is 1. The van der Waals surface area contributed by atoms with Crippen LogP contribution in [0.3, 0.4) is 0 Å². The zero-order chi connectivity index (χ0) is 23.8. The van der Waals surface area contributed by atoms with Gasteiger partial charge in [-0.25, -0.2) is 18.7 Å². The lowest BCUT2D eigenvalue weighted by Crippen LogP contribution is -2.49. The van der Waals surface area contributed by atoms with Crippen LogP contribution in [0.15, 0.2) is 61.2 Å². The normalized spacial score (nSPS) is 14.2. The van der Waals surface area contributed by atoms with Crippen molar-refractivity contribution < 1.29 is 18.3 Å². The van der Waals surface area contributed by atoms with Gasteiger partial charge in [-0.15, -0.1) is 0 Å². The third kappa shape index (κ3) is 4.34. The molecule has 5 rings (SSSR count). The Labute approximate surface area is 199 Å². The number of rotatable bonds is 6. The highest BCUT2D eigenvalue weighted by molar-refractivity contribution is 7.21. The molecule has 0 aliphatic carbocycles. The number of hydrogen-bond donors (Lipinski definition) is 0. The molecule has 5 nitrogen and oxygen atoms in total. The second-order valence-electron chi connectivity index (χ2n) is 8.25. The first-order chi connectivity index (χ1) is 16.4. The van der Waals surface area contributed by atoms with Crippen LogP contribution in [0.5, 0.6) is 0 Å². The number of fused-ring (bicyclic) bond motifs is 1. The molecule has 172 valence electrons. The molecule has 3 heterocycles. The van der Waals surface area contributed by atoms with Crippen molar-refractivity contribution in [3.05, 3.63) is 89.6 Å². The Bertz CT molecular complexity index is 1400. The number of carbonyl (C=O) groups excluding carboxylic acids is 1. The summed E-state index contributed by atoms with van der Waals surface area (Å²) in [5, 5.41) is 0.547. The van der Waals surface area contributed by atoms with E-state index in [0.717, 1.165) is 11.1 Å². The second-order valence-corrected chi connectivity index (χ2v) is 9.23. The van der Waals surface area contributed by atoms with Gasteiger partial charge in [-0.2, -0.15) is 0 Å². The summed E-state index contributed by atoms with van der Waals surface area (Å²) < 4.78 is 32.9. The molecule has 8 heteroatoms. The molecule has 1 aliphatic heterocycles. The summed E-state index contributed by atoms with van der Waals surface area (Å²) in [6.45, 7) is 5.89. The maximum Gasteiger partial charge on any atom is 0.311 e. The van der Waals surface area contributed by atoms with Gasteiger partial charge < -0.3 is 4.74 Å². The van der Waals surface area contributed by atoms with Crippen molar-refractivity contribution in [2.24, 2.45) is 5.92 Å². The summed E-state index contributed by atoms with van der Waals surface area (Å²) in [4.78, 5) is 23.5. The van der Waals surface area contributed by atoms with E-state index in [9.17, 15) is 13.6 Å². The van der Waals surface area contributed by atoms with E-state index in [-0.39, 0.29) is 23.5 Å². The van der Waals surface area contributed by atoms with Crippen LogP contribution in [0.4, 0.5) is 8.78 Å². The minimum atomic E-state index is -0.349. The summed E-state index contributed by atoms with van der Waals surface area (Å²) in [5.74, 6) is -0.965. The predicted molar refractivity (Wildman–Crippen MR) is 128 cm³/mol. The van der Waals surface area contributed by atoms with Crippen molar-refractivity contribution in [2.45, 2.75) is 6.54 Å². The zero-order valence-electron chi connectivity index (χ0n) is 18.4. The van der Waals surface area contributed by atoms with Gasteiger partial charge in [0.25, 0.3) is 0 Å². The maximum atomic E-state index is 15.0. The van der Waals surface area contributed by atoms with Gasteiger partial charge in [-0.3, -0.25) is 9.69 Å². The van der Waals surface area contributed by atoms with E-state index >= 15 is 0 Å². The number of carbonyl (C=O) groups is 1. The van der Waals surface area contributed by atoms with E-state index in [1.807, 2.05) is 18.2 Å². The highest BCUT2D eigenvalue weighted by Gasteiger charge is 2.33. The number of benzene rings is 2. The topological polar surface area (TPSA) is 55.3 Å². The minimum absolute atomic E-state index is 0.103. The fourth-order valence-corrected chi connectivity index (χ4v) is 4.97. The third-order valence-corrected chi connectivity index (χ3v) is 6.92. The Kier molecular flexibility index (Phi) is 5.93. The number of nitrogens with zero attached hydrogens (tertiary/aromatic N) is 3. The van der Waals surface area contributed by atoms with Gasteiger partial charge >= 0.3 is 5.97 Å². The van der Waals surface area contributed by atoms with E-state index in [4.69, 9.17) is 4.74 Å². The Morgan fingerprint density at radius 1 is 1.12 bits per heavy atom. The largest absolute Gasteiger partial charge is 0.469 e. The Hall–Kier alpha value is -3.49. The molecule has 0 saturated carbocycles. The van der Waals surface area contributed by atoms with Crippen LogP contribution in [0.1, 0.15) is 16.8 Å². The Morgan fingerprint density at radius 2 is 1.88 bits per heavy atom. The number of esters is 1. The molecule has 0 N–H and O–H groups in total. The molecule has 0 amide bonds. The van der Waals surface area contributed by atoms with Gasteiger partial charge in [0, 0.05) is 30.8 Å². The molecule has 0 bridgehead atoms. The van der Waals surface area contributed by atoms with Crippen LogP contribution in [-0.2, 0) is 16.1 Å². The van der Waals surface area contributed by atoms with Gasteiger partial charge in [0.05, 0.1) is 18.7 Å². The van der Waals surface area contributed by atoms with Crippen molar-refractivity contribution in [1.29, 1.82) is 0 Å². The third-order valence-electron chi connectivity index (χ3n) is 5.92. The zero-order valence-corrected chi connectivity index (χ0v) is 19.2. The van der Waals surface area contributed by atoms with Crippen LogP contribution in [0, 0.1) is 17.6 Å². The number of methoxy groups -OCH3 is 1. The average molecular weight is 478 g/mol. The first-order valence-corrected chi connectivity index (χ1v) is 11.5. The smallest absolute Gasteiger partial charge is 0.311 e. The molecule has 4 aromatic rings. The highest BCUT2D eigenvalue weighted by atomic mass is 32.1. The van der Waals surface area contributed by atoms with Crippen LogP contribution in [0.25, 0.3) is 26.5 Å². The number of pyridine rings is 1. The lowest BCUT2D eigenvalue weighted by atomic mass is 9.99. The average Bonchev–Trinajstić information content (AvgIpc) is 3.23. The van der Waals surface area contributed by atoms with Crippen LogP contribution < -0.4 is 0 Å². The quantitative estimate of drug-likeness (QED) is 0.353. The van der Waals surface area contributed by atoms with Crippen molar-refractivity contribution in [3.8, 4) is 10.6 Å². The Morgan fingerprint density at radius 3 is 2.59 bits per heavy atom. The maximum absolute atomic E-state index is 15.0. The molecule has 1 aliphatic rings. The van der Waals surface area contributed by atoms with Gasteiger partial charge in [-0.1, -0.05) is 36.1 Å². The summed E-state index contributed by atoms with van der Waals surface area (Å²) in [5.41, 5.74) is 4.04. The molecular weight excluding hydrogens is 456 g/mol. The lowest BCUT2D eigenvalue weighted by Gasteiger charge is -2.37. The van der Waals surface area contributed by atoms with Gasteiger partial charge in [0.1, 0.15) is 27.0 Å². The monoisotopic (exact) mass is 477 g/mol. The summed E-state index contributed by atoms with van der Waals surface area (Å²) >= 11 is 1.31. The van der Waals surface area contributed by atoms with Gasteiger partial charge in [0.2, 0.25) is 0 Å². The van der Waals surface area contributed by atoms with Crippen LogP contribution in [0.2, 0.25) is 0 Å². The highest BCUT2D eigenvalue weighted by Crippen LogP contribution is 2.33. The Balaban J connectivity index is 1.33. The van der Waals surface area contributed by atoms with Crippen molar-refractivity contribution >= 4 is 33.2 Å². The minimum Gasteiger partial charge on any atom is -0.469 e. The van der Waals surface area contributed by atoms with Crippen molar-refractivity contribution in [3.63, 3.8) is 0 Å². The predicted octanol–water partition coefficient (Wildman–Crippen LogP) is 5.30. The summed E-state index contributed by atoms with van der Waals surface area (Å²) in [7, 11) is 1.39. The van der Waals surface area contributed by atoms with Crippen LogP contribution >= 0.6 is 11.3 Å². The molecule has 0 unspecified atom stereocenters. The second kappa shape index (κ2) is 9.04. The molecule has 0 radical (unpaired) electrons. The number of halogens is 2. The number of thiazole rings is 1. The van der Waals surface area contributed by atoms with Crippen LogP contribution in [-0.4, -0.2) is 41.0 Å². The summed E-state index contributed by atoms with van der Waals surface area (Å²) in [6, 6.07) is 14.9. The van der Waals surface area contributed by atoms with E-state index in [0.29, 0.717) is 51.8 Å². The van der Waals surface area contributed by atoms with E-state index in [1.165, 1.54) is 36.6 Å². The molecule has 0 atom stereocenters. The molecule has 34 heavy (non-hydrogen) atoms. The lowest BCUT2D eigenvalue weighted by molar-refractivity contribution is -0.151. The van der Waals surface area contributed by atoms with E-state index in [2.05, 4.69) is 21.4 Å². The number of aromatic nitrogens is 2. The first-order valence-electron chi connectivity index (χ1n) is 10.7. The molecule has 2 aromatic carbocycles. The van der Waals surface area contributed by atoms with Crippen molar-refractivity contribution in [1.82, 2.24) is 14.9 Å². The first kappa shape index (κ1) is 22.3. The molecule has 2 aromatic heterocycles. The SMILES string of the molecule is C=C(c1ccc(F)cc1)c1ccc2nc(-c3ccc(CN4CC(C(=O)OC)C4)cc3F)sc2n1. The fraction of sp³-hybridized carbons (Fsp3) is 0.192. The number of hydrogen-bond acceptors (Lipinski definition) is 6. The van der Waals surface area contributed by atoms with Gasteiger partial charge in [0.15, 0.2) is 0 Å². The molecular formula is C26H21F2N3O2S. The standard InChI is InChI=1S/C26H21F2N3O2S/c1-15(17-4-6-19(27)7-5-17)22-9-10-23-25(29-22)34-24(30-23)20-8-3-16(11-21(20)28)12-31-13-18(14-31)26(32)33-2/h3-11,18H,1,12-14H2,2H3. The van der Waals surface area contributed by atoms with E-state index in [1.54, 1.807) is 18.2 Å². The summed E-state index contributed by atoms with van der Waals surface area (Å²) in [6.07, 6.45) is 0. The van der Waals surface area contributed by atoms with E-state index < -0.39 is 0 Å². The molecule has 0 spiro atoms. The number of likely N-dealkylation sites (tertiary alicyclic amines) is 1.